The minimum Gasteiger partial charge on any atom is -0.306 e. The summed E-state index contributed by atoms with van der Waals surface area (Å²) in [5, 5.41) is 0. The number of hydrogen-bond donors (Lipinski definition) is 0. The summed E-state index contributed by atoms with van der Waals surface area (Å²) in [6.45, 7) is 2.02. The van der Waals surface area contributed by atoms with Gasteiger partial charge in [-0.2, -0.15) is 17.5 Å². The van der Waals surface area contributed by atoms with E-state index in [9.17, 15) is 21.6 Å². The Bertz CT molecular complexity index is 675. The number of hydrogen-bond acceptors (Lipinski definition) is 3. The summed E-state index contributed by atoms with van der Waals surface area (Å²) in [4.78, 5) is 1.87. The van der Waals surface area contributed by atoms with Crippen LogP contribution in [0.15, 0.2) is 29.2 Å². The van der Waals surface area contributed by atoms with E-state index in [1.165, 1.54) is 10.4 Å². The molecule has 0 amide bonds. The summed E-state index contributed by atoms with van der Waals surface area (Å²) in [5.41, 5.74) is -0.936. The van der Waals surface area contributed by atoms with Crippen LogP contribution in [0, 0.1) is 5.92 Å². The molecule has 0 N–H and O–H groups in total. The van der Waals surface area contributed by atoms with E-state index in [0.29, 0.717) is 6.54 Å². The molecule has 2 aliphatic rings. The number of sulfonamides is 1. The summed E-state index contributed by atoms with van der Waals surface area (Å²) >= 11 is 0. The Hall–Kier alpha value is -1.12. The number of alkyl halides is 3. The Kier molecular flexibility index (Phi) is 3.73. The fourth-order valence-electron chi connectivity index (χ4n) is 3.23. The van der Waals surface area contributed by atoms with Crippen molar-refractivity contribution in [2.45, 2.75) is 23.5 Å². The van der Waals surface area contributed by atoms with Gasteiger partial charge in [0, 0.05) is 25.0 Å². The van der Waals surface area contributed by atoms with Gasteiger partial charge in [-0.1, -0.05) is 6.07 Å². The highest BCUT2D eigenvalue weighted by Gasteiger charge is 2.48. The monoisotopic (exact) mass is 334 g/mol. The maximum atomic E-state index is 12.8. The van der Waals surface area contributed by atoms with Crippen molar-refractivity contribution in [1.29, 1.82) is 0 Å². The standard InChI is InChI=1S/C14H17F3N2O2S/c1-18-6-5-13-10(8-18)9-19(13)22(20,21)12-4-2-3-11(7-12)14(15,16)17/h2-4,7,10,13H,5-6,8-9H2,1H3/t10-,13-/m1/s1. The van der Waals surface area contributed by atoms with Gasteiger partial charge < -0.3 is 4.90 Å². The lowest BCUT2D eigenvalue weighted by atomic mass is 9.85. The van der Waals surface area contributed by atoms with Crippen molar-refractivity contribution in [2.75, 3.05) is 26.7 Å². The Labute approximate surface area is 127 Å². The van der Waals surface area contributed by atoms with E-state index in [0.717, 1.165) is 37.7 Å². The highest BCUT2D eigenvalue weighted by molar-refractivity contribution is 7.89. The second kappa shape index (κ2) is 5.21. The van der Waals surface area contributed by atoms with E-state index in [4.69, 9.17) is 0 Å². The van der Waals surface area contributed by atoms with Crippen LogP contribution in [0.4, 0.5) is 13.2 Å². The smallest absolute Gasteiger partial charge is 0.306 e. The zero-order valence-corrected chi connectivity index (χ0v) is 12.9. The number of piperidine rings is 1. The maximum absolute atomic E-state index is 12.8. The zero-order valence-electron chi connectivity index (χ0n) is 12.0. The topological polar surface area (TPSA) is 40.6 Å². The predicted octanol–water partition coefficient (Wildman–Crippen LogP) is 2.03. The fraction of sp³-hybridized carbons (Fsp3) is 0.571. The highest BCUT2D eigenvalue weighted by atomic mass is 32.2. The molecule has 2 saturated heterocycles. The lowest BCUT2D eigenvalue weighted by molar-refractivity contribution is -0.137. The Morgan fingerprint density at radius 1 is 1.23 bits per heavy atom. The van der Waals surface area contributed by atoms with E-state index < -0.39 is 21.8 Å². The second-order valence-corrected chi connectivity index (χ2v) is 7.87. The minimum atomic E-state index is -4.55. The van der Waals surface area contributed by atoms with E-state index in [1.54, 1.807) is 0 Å². The Morgan fingerprint density at radius 2 is 1.95 bits per heavy atom. The molecule has 4 nitrogen and oxygen atoms in total. The third kappa shape index (κ3) is 2.63. The molecule has 0 unspecified atom stereocenters. The summed E-state index contributed by atoms with van der Waals surface area (Å²) in [7, 11) is -1.87. The highest BCUT2D eigenvalue weighted by Crippen LogP contribution is 2.37. The maximum Gasteiger partial charge on any atom is 0.416 e. The lowest BCUT2D eigenvalue weighted by Gasteiger charge is -2.51. The summed E-state index contributed by atoms with van der Waals surface area (Å²) < 4.78 is 64.7. The van der Waals surface area contributed by atoms with E-state index in [-0.39, 0.29) is 16.9 Å². The van der Waals surface area contributed by atoms with Gasteiger partial charge in [-0.05, 0) is 38.2 Å². The first-order chi connectivity index (χ1) is 10.2. The third-order valence-electron chi connectivity index (χ3n) is 4.45. The molecular formula is C14H17F3N2O2S. The Morgan fingerprint density at radius 3 is 2.59 bits per heavy atom. The van der Waals surface area contributed by atoms with Gasteiger partial charge in [0.15, 0.2) is 0 Å². The molecule has 8 heteroatoms. The molecule has 0 radical (unpaired) electrons. The zero-order chi connectivity index (χ0) is 16.1. The van der Waals surface area contributed by atoms with Crippen molar-refractivity contribution in [2.24, 2.45) is 5.92 Å². The van der Waals surface area contributed by atoms with Gasteiger partial charge in [-0.3, -0.25) is 0 Å². The van der Waals surface area contributed by atoms with Crippen LogP contribution in [-0.4, -0.2) is 50.3 Å². The SMILES string of the molecule is CN1CC[C@@H]2[C@H](C1)CN2S(=O)(=O)c1cccc(C(F)(F)F)c1. The average Bonchev–Trinajstić information content (AvgIpc) is 2.41. The molecule has 2 fully saturated rings. The normalized spacial score (nSPS) is 27.3. The molecule has 0 aliphatic carbocycles. The number of nitrogens with zero attached hydrogens (tertiary/aromatic N) is 2. The molecule has 2 atom stereocenters. The Balaban J connectivity index is 1.86. The quantitative estimate of drug-likeness (QED) is 0.831. The van der Waals surface area contributed by atoms with Gasteiger partial charge in [-0.25, -0.2) is 8.42 Å². The van der Waals surface area contributed by atoms with E-state index in [1.807, 2.05) is 7.05 Å². The molecule has 0 bridgehead atoms. The number of benzene rings is 1. The van der Waals surface area contributed by atoms with Crippen LogP contribution < -0.4 is 0 Å². The fourth-order valence-corrected chi connectivity index (χ4v) is 5.05. The second-order valence-electron chi connectivity index (χ2n) is 5.98. The largest absolute Gasteiger partial charge is 0.416 e. The van der Waals surface area contributed by atoms with Gasteiger partial charge in [-0.15, -0.1) is 0 Å². The number of rotatable bonds is 2. The predicted molar refractivity (Wildman–Crippen MR) is 74.7 cm³/mol. The summed E-state index contributed by atoms with van der Waals surface area (Å²) in [5.74, 6) is 0.277. The van der Waals surface area contributed by atoms with Crippen molar-refractivity contribution in [3.8, 4) is 0 Å². The van der Waals surface area contributed by atoms with Gasteiger partial charge in [0.25, 0.3) is 0 Å². The molecule has 0 saturated carbocycles. The molecular weight excluding hydrogens is 317 g/mol. The van der Waals surface area contributed by atoms with Crippen LogP contribution >= 0.6 is 0 Å². The first-order valence-corrected chi connectivity index (χ1v) is 8.51. The number of likely N-dealkylation sites (tertiary alicyclic amines) is 1. The van der Waals surface area contributed by atoms with E-state index >= 15 is 0 Å². The molecule has 0 spiro atoms. The van der Waals surface area contributed by atoms with Gasteiger partial charge in [0.2, 0.25) is 10.0 Å². The number of fused-ring (bicyclic) bond motifs is 1. The molecule has 0 aromatic heterocycles. The lowest BCUT2D eigenvalue weighted by Crippen LogP contribution is -2.64. The van der Waals surface area contributed by atoms with Crippen molar-refractivity contribution in [3.63, 3.8) is 0 Å². The first-order valence-electron chi connectivity index (χ1n) is 7.07. The van der Waals surface area contributed by atoms with Crippen LogP contribution in [0.5, 0.6) is 0 Å². The van der Waals surface area contributed by atoms with Crippen molar-refractivity contribution in [1.82, 2.24) is 9.21 Å². The molecule has 122 valence electrons. The third-order valence-corrected chi connectivity index (χ3v) is 6.34. The van der Waals surface area contributed by atoms with Crippen LogP contribution in [0.3, 0.4) is 0 Å². The van der Waals surface area contributed by atoms with Crippen LogP contribution in [-0.2, 0) is 16.2 Å². The van der Waals surface area contributed by atoms with Gasteiger partial charge in [0.1, 0.15) is 0 Å². The average molecular weight is 334 g/mol. The van der Waals surface area contributed by atoms with Crippen LogP contribution in [0.25, 0.3) is 0 Å². The molecule has 22 heavy (non-hydrogen) atoms. The molecule has 2 heterocycles. The van der Waals surface area contributed by atoms with Crippen molar-refractivity contribution >= 4 is 10.0 Å². The van der Waals surface area contributed by atoms with Crippen molar-refractivity contribution in [3.05, 3.63) is 29.8 Å². The molecule has 1 aromatic rings. The van der Waals surface area contributed by atoms with Gasteiger partial charge >= 0.3 is 6.18 Å². The number of halogens is 3. The molecule has 1 aromatic carbocycles. The molecule has 3 rings (SSSR count). The molecule has 2 aliphatic heterocycles. The summed E-state index contributed by atoms with van der Waals surface area (Å²) in [6.07, 6.45) is -3.82. The first kappa shape index (κ1) is 15.8. The van der Waals surface area contributed by atoms with Crippen LogP contribution in [0.1, 0.15) is 12.0 Å². The van der Waals surface area contributed by atoms with E-state index in [2.05, 4.69) is 4.90 Å². The van der Waals surface area contributed by atoms with Gasteiger partial charge in [0.05, 0.1) is 10.5 Å². The summed E-state index contributed by atoms with van der Waals surface area (Å²) in [6, 6.07) is 3.88. The van der Waals surface area contributed by atoms with Crippen molar-refractivity contribution < 1.29 is 21.6 Å². The van der Waals surface area contributed by atoms with Crippen LogP contribution in [0.2, 0.25) is 0 Å². The minimum absolute atomic E-state index is 0.0873.